The predicted molar refractivity (Wildman–Crippen MR) is 116 cm³/mol. The number of unbranched alkanes of at least 4 members (excludes halogenated alkanes) is 2. The Kier molecular flexibility index (Phi) is 11.9. The van der Waals surface area contributed by atoms with Gasteiger partial charge in [-0.15, -0.1) is 0 Å². The van der Waals surface area contributed by atoms with E-state index < -0.39 is 17.6 Å². The maximum Gasteiger partial charge on any atom is 0.170 e. The van der Waals surface area contributed by atoms with Crippen molar-refractivity contribution >= 4 is 5.78 Å². The number of carbonyl (C=O) groups excluding carboxylic acids is 1. The number of aliphatic hydroxyl groups excluding tert-OH is 1. The highest BCUT2D eigenvalue weighted by Gasteiger charge is 2.17. The fourth-order valence-corrected chi connectivity index (χ4v) is 2.68. The highest BCUT2D eigenvalue weighted by atomic mass is 16.3. The molecule has 0 amide bonds. The van der Waals surface area contributed by atoms with E-state index in [1.807, 2.05) is 30.4 Å². The number of benzene rings is 1. The van der Waals surface area contributed by atoms with Crippen molar-refractivity contribution in [3.8, 4) is 17.2 Å². The van der Waals surface area contributed by atoms with E-state index >= 15 is 0 Å². The van der Waals surface area contributed by atoms with E-state index in [-0.39, 0.29) is 23.5 Å². The summed E-state index contributed by atoms with van der Waals surface area (Å²) in [5, 5.41) is 38.5. The lowest BCUT2D eigenvalue weighted by Gasteiger charge is -2.07. The standard InChI is InChI=1S/C24H32O5/c1-2-3-4-5-6-8-11-14-19(25)15-12-9-7-10-13-16-21(27)24-22(28)17-20(26)18-23(24)29/h3-4,6,8-9,11-12,14,17-19,25-26,28-29H,2,5,7,10,13,15-16H2,1H3/b4-3-,8-6-,12-9-,14-11+/t19-/m1/s1. The molecule has 0 spiro atoms. The molecule has 0 aliphatic carbocycles. The van der Waals surface area contributed by atoms with Crippen molar-refractivity contribution in [1.29, 1.82) is 0 Å². The van der Waals surface area contributed by atoms with Gasteiger partial charge < -0.3 is 20.4 Å². The Morgan fingerprint density at radius 2 is 1.69 bits per heavy atom. The second-order valence-electron chi connectivity index (χ2n) is 6.73. The van der Waals surface area contributed by atoms with Crippen molar-refractivity contribution in [3.63, 3.8) is 0 Å². The van der Waals surface area contributed by atoms with Crippen LogP contribution in [-0.4, -0.2) is 32.3 Å². The average molecular weight is 401 g/mol. The van der Waals surface area contributed by atoms with Gasteiger partial charge in [-0.05, 0) is 38.5 Å². The van der Waals surface area contributed by atoms with Crippen LogP contribution < -0.4 is 0 Å². The molecular weight excluding hydrogens is 368 g/mol. The molecule has 1 atom stereocenters. The third-order valence-corrected chi connectivity index (χ3v) is 4.18. The third-order valence-electron chi connectivity index (χ3n) is 4.18. The Morgan fingerprint density at radius 3 is 2.38 bits per heavy atom. The summed E-state index contributed by atoms with van der Waals surface area (Å²) in [5.74, 6) is -1.48. The number of Topliss-reactive ketones (excluding diaryl/α,β-unsaturated/α-hetero) is 1. The minimum atomic E-state index is -0.524. The highest BCUT2D eigenvalue weighted by Crippen LogP contribution is 2.33. The number of ketones is 1. The Labute approximate surface area is 173 Å². The average Bonchev–Trinajstić information content (AvgIpc) is 2.65. The molecule has 29 heavy (non-hydrogen) atoms. The van der Waals surface area contributed by atoms with Crippen LogP contribution in [0.3, 0.4) is 0 Å². The second kappa shape index (κ2) is 14.2. The molecule has 0 fully saturated rings. The molecule has 0 unspecified atom stereocenters. The number of rotatable bonds is 13. The molecule has 4 N–H and O–H groups in total. The molecule has 0 aromatic heterocycles. The number of phenolic OH excluding ortho intramolecular Hbond substituents is 3. The summed E-state index contributed by atoms with van der Waals surface area (Å²) >= 11 is 0. The smallest absolute Gasteiger partial charge is 0.170 e. The van der Waals surface area contributed by atoms with Crippen LogP contribution in [0.25, 0.3) is 0 Å². The van der Waals surface area contributed by atoms with E-state index in [2.05, 4.69) is 19.1 Å². The van der Waals surface area contributed by atoms with E-state index in [9.17, 15) is 25.2 Å². The van der Waals surface area contributed by atoms with Gasteiger partial charge in [-0.2, -0.15) is 0 Å². The van der Waals surface area contributed by atoms with Crippen LogP contribution in [0, 0.1) is 0 Å². The fraction of sp³-hybridized carbons (Fsp3) is 0.375. The van der Waals surface area contributed by atoms with Crippen molar-refractivity contribution in [2.45, 2.75) is 58.0 Å². The summed E-state index contributed by atoms with van der Waals surface area (Å²) in [6.45, 7) is 2.10. The highest BCUT2D eigenvalue weighted by molar-refractivity contribution is 6.01. The molecule has 1 aromatic rings. The van der Waals surface area contributed by atoms with Crippen molar-refractivity contribution in [2.75, 3.05) is 0 Å². The lowest BCUT2D eigenvalue weighted by atomic mass is 10.0. The topological polar surface area (TPSA) is 98.0 Å². The van der Waals surface area contributed by atoms with Gasteiger partial charge in [0.1, 0.15) is 22.8 Å². The second-order valence-corrected chi connectivity index (χ2v) is 6.73. The van der Waals surface area contributed by atoms with Gasteiger partial charge in [-0.1, -0.05) is 55.5 Å². The van der Waals surface area contributed by atoms with Gasteiger partial charge in [0.25, 0.3) is 0 Å². The quantitative estimate of drug-likeness (QED) is 0.155. The molecule has 0 radical (unpaired) electrons. The van der Waals surface area contributed by atoms with E-state index in [4.69, 9.17) is 0 Å². The van der Waals surface area contributed by atoms with E-state index in [0.717, 1.165) is 37.8 Å². The maximum absolute atomic E-state index is 12.1. The molecule has 0 saturated carbocycles. The molecule has 158 valence electrons. The molecule has 1 rings (SSSR count). The van der Waals surface area contributed by atoms with Crippen molar-refractivity contribution in [1.82, 2.24) is 0 Å². The van der Waals surface area contributed by atoms with Crippen LogP contribution >= 0.6 is 0 Å². The third kappa shape index (κ3) is 10.4. The number of hydrogen-bond donors (Lipinski definition) is 4. The van der Waals surface area contributed by atoms with E-state index in [0.29, 0.717) is 12.8 Å². The summed E-state index contributed by atoms with van der Waals surface area (Å²) in [6.07, 6.45) is 20.0. The number of phenols is 3. The van der Waals surface area contributed by atoms with Gasteiger partial charge in [-0.3, -0.25) is 4.79 Å². The Hall–Kier alpha value is -2.79. The first-order valence-corrected chi connectivity index (χ1v) is 10.0. The zero-order valence-electron chi connectivity index (χ0n) is 17.0. The van der Waals surface area contributed by atoms with Crippen LogP contribution in [0.5, 0.6) is 17.2 Å². The van der Waals surface area contributed by atoms with Crippen molar-refractivity contribution in [2.24, 2.45) is 0 Å². The molecule has 0 saturated heterocycles. The Balaban J connectivity index is 2.22. The maximum atomic E-state index is 12.1. The minimum Gasteiger partial charge on any atom is -0.508 e. The molecule has 1 aromatic carbocycles. The summed E-state index contributed by atoms with van der Waals surface area (Å²) in [6, 6.07) is 2.07. The lowest BCUT2D eigenvalue weighted by Crippen LogP contribution is -2.00. The first-order chi connectivity index (χ1) is 14.0. The fourth-order valence-electron chi connectivity index (χ4n) is 2.68. The summed E-state index contributed by atoms with van der Waals surface area (Å²) in [4.78, 5) is 12.1. The SMILES string of the molecule is CC/C=C\C/C=C\C=C\[C@@H](O)C/C=C\CCCCC(=O)c1c(O)cc(O)cc1O. The summed E-state index contributed by atoms with van der Waals surface area (Å²) in [7, 11) is 0. The molecule has 0 heterocycles. The molecule has 5 nitrogen and oxygen atoms in total. The van der Waals surface area contributed by atoms with Gasteiger partial charge in [0.15, 0.2) is 5.78 Å². The monoisotopic (exact) mass is 400 g/mol. The first-order valence-electron chi connectivity index (χ1n) is 10.0. The van der Waals surface area contributed by atoms with Crippen molar-refractivity contribution in [3.05, 3.63) is 66.3 Å². The number of allylic oxidation sites excluding steroid dienone is 6. The van der Waals surface area contributed by atoms with E-state index in [1.54, 1.807) is 6.08 Å². The van der Waals surface area contributed by atoms with Crippen LogP contribution in [0.4, 0.5) is 0 Å². The van der Waals surface area contributed by atoms with Crippen LogP contribution in [0.1, 0.15) is 62.2 Å². The number of hydrogen-bond acceptors (Lipinski definition) is 5. The number of aliphatic hydroxyl groups is 1. The zero-order chi connectivity index (χ0) is 21.5. The zero-order valence-corrected chi connectivity index (χ0v) is 17.0. The van der Waals surface area contributed by atoms with Crippen LogP contribution in [0.2, 0.25) is 0 Å². The van der Waals surface area contributed by atoms with Crippen LogP contribution in [0.15, 0.2) is 60.7 Å². The molecule has 0 aliphatic rings. The van der Waals surface area contributed by atoms with Gasteiger partial charge in [0.05, 0.1) is 6.10 Å². The summed E-state index contributed by atoms with van der Waals surface area (Å²) in [5.41, 5.74) is -0.149. The molecule has 5 heteroatoms. The number of carbonyl (C=O) groups is 1. The van der Waals surface area contributed by atoms with Gasteiger partial charge in [0.2, 0.25) is 0 Å². The van der Waals surface area contributed by atoms with Crippen LogP contribution in [-0.2, 0) is 0 Å². The predicted octanol–water partition coefficient (Wildman–Crippen LogP) is 5.32. The van der Waals surface area contributed by atoms with Gasteiger partial charge >= 0.3 is 0 Å². The molecule has 0 aliphatic heterocycles. The minimum absolute atomic E-state index is 0.149. The first kappa shape index (κ1) is 24.2. The number of aromatic hydroxyl groups is 3. The Bertz CT molecular complexity index is 721. The van der Waals surface area contributed by atoms with Crippen molar-refractivity contribution < 1.29 is 25.2 Å². The van der Waals surface area contributed by atoms with Gasteiger partial charge in [-0.25, -0.2) is 0 Å². The molecule has 0 bridgehead atoms. The Morgan fingerprint density at radius 1 is 0.966 bits per heavy atom. The summed E-state index contributed by atoms with van der Waals surface area (Å²) < 4.78 is 0. The largest absolute Gasteiger partial charge is 0.508 e. The van der Waals surface area contributed by atoms with Gasteiger partial charge in [0, 0.05) is 18.6 Å². The normalized spacial score (nSPS) is 13.3. The molecular formula is C24H32O5. The lowest BCUT2D eigenvalue weighted by molar-refractivity contribution is 0.0974. The van der Waals surface area contributed by atoms with E-state index in [1.165, 1.54) is 0 Å².